The third kappa shape index (κ3) is 4.66. The summed E-state index contributed by atoms with van der Waals surface area (Å²) in [6, 6.07) is 9.57. The number of aryl methyl sites for hydroxylation is 1. The van der Waals surface area contributed by atoms with Gasteiger partial charge in [0.15, 0.2) is 0 Å². The van der Waals surface area contributed by atoms with Crippen molar-refractivity contribution in [2.75, 3.05) is 0 Å². The zero-order valence-corrected chi connectivity index (χ0v) is 14.7. The number of halogens is 4. The van der Waals surface area contributed by atoms with E-state index < -0.39 is 42.5 Å². The zero-order chi connectivity index (χ0) is 17.3. The Morgan fingerprint density at radius 2 is 1.70 bits per heavy atom. The van der Waals surface area contributed by atoms with Crippen LogP contribution in [0.2, 0.25) is 0 Å². The Labute approximate surface area is 139 Å². The fourth-order valence-corrected chi connectivity index (χ4v) is 6.10. The summed E-state index contributed by atoms with van der Waals surface area (Å²) in [7, 11) is -4.23. The van der Waals surface area contributed by atoms with E-state index in [-0.39, 0.29) is 8.47 Å². The van der Waals surface area contributed by atoms with E-state index in [4.69, 9.17) is 2.51 Å². The van der Waals surface area contributed by atoms with Crippen LogP contribution in [0.1, 0.15) is 11.1 Å². The van der Waals surface area contributed by atoms with E-state index in [1.807, 2.05) is 0 Å². The van der Waals surface area contributed by atoms with Gasteiger partial charge < -0.3 is 0 Å². The quantitative estimate of drug-likeness (QED) is 0.703. The number of hydrogen-bond donors (Lipinski definition) is 1. The molecule has 0 amide bonds. The molecule has 2 aromatic rings. The Hall–Kier alpha value is -1.17. The molecular formula is C14H12F3IO4S. The van der Waals surface area contributed by atoms with Crippen LogP contribution in [0.15, 0.2) is 53.4 Å². The Kier molecular flexibility index (Phi) is 5.33. The molecule has 23 heavy (non-hydrogen) atoms. The van der Waals surface area contributed by atoms with Crippen LogP contribution in [0, 0.1) is 10.5 Å². The van der Waals surface area contributed by atoms with Crippen LogP contribution in [0.3, 0.4) is 0 Å². The molecule has 0 aliphatic heterocycles. The van der Waals surface area contributed by atoms with Crippen molar-refractivity contribution in [3.63, 3.8) is 0 Å². The molecule has 0 radical (unpaired) electrons. The van der Waals surface area contributed by atoms with Crippen molar-refractivity contribution in [3.05, 3.63) is 63.2 Å². The molecule has 0 saturated carbocycles. The molecule has 0 unspecified atom stereocenters. The van der Waals surface area contributed by atoms with Crippen LogP contribution in [-0.4, -0.2) is 11.9 Å². The first kappa shape index (κ1) is 18.2. The molecule has 4 nitrogen and oxygen atoms in total. The number of alkyl halides is 3. The topological polar surface area (TPSA) is 63.6 Å². The predicted octanol–water partition coefficient (Wildman–Crippen LogP) is 3.92. The van der Waals surface area contributed by atoms with Crippen LogP contribution < -0.4 is 0 Å². The summed E-state index contributed by atoms with van der Waals surface area (Å²) in [5.41, 5.74) is -0.135. The van der Waals surface area contributed by atoms with Crippen molar-refractivity contribution in [3.8, 4) is 0 Å². The Morgan fingerprint density at radius 1 is 1.09 bits per heavy atom. The molecule has 126 valence electrons. The van der Waals surface area contributed by atoms with Crippen LogP contribution in [0.4, 0.5) is 13.2 Å². The van der Waals surface area contributed by atoms with Crippen LogP contribution in [0.25, 0.3) is 0 Å². The number of benzene rings is 2. The average molecular weight is 460 g/mol. The molecule has 0 atom stereocenters. The minimum absolute atomic E-state index is 0.153. The van der Waals surface area contributed by atoms with Gasteiger partial charge in [-0.3, -0.25) is 0 Å². The van der Waals surface area contributed by atoms with Crippen LogP contribution >= 0.6 is 20.6 Å². The van der Waals surface area contributed by atoms with Gasteiger partial charge in [0.05, 0.1) is 0 Å². The molecule has 0 heterocycles. The van der Waals surface area contributed by atoms with Gasteiger partial charge in [0, 0.05) is 0 Å². The van der Waals surface area contributed by atoms with E-state index in [2.05, 4.69) is 0 Å². The zero-order valence-electron chi connectivity index (χ0n) is 11.7. The molecule has 0 bridgehead atoms. The van der Waals surface area contributed by atoms with Crippen molar-refractivity contribution >= 4 is 30.8 Å². The van der Waals surface area contributed by atoms with Gasteiger partial charge in [-0.15, -0.1) is 0 Å². The Bertz CT molecular complexity index is 788. The average Bonchev–Trinajstić information content (AvgIpc) is 2.46. The molecule has 0 aromatic heterocycles. The van der Waals surface area contributed by atoms with Gasteiger partial charge in [0.25, 0.3) is 0 Å². The molecule has 0 saturated heterocycles. The SMILES string of the molecule is Cc1ccc(S(=O)(=O)OI(O)c2cccc(C(F)(F)F)c2)cc1. The molecular weight excluding hydrogens is 448 g/mol. The van der Waals surface area contributed by atoms with E-state index in [1.165, 1.54) is 18.2 Å². The third-order valence-electron chi connectivity index (χ3n) is 2.79. The van der Waals surface area contributed by atoms with E-state index >= 15 is 0 Å². The van der Waals surface area contributed by atoms with Crippen molar-refractivity contribution in [2.24, 2.45) is 0 Å². The maximum atomic E-state index is 12.6. The molecule has 0 aliphatic carbocycles. The van der Waals surface area contributed by atoms with Gasteiger partial charge in [-0.05, 0) is 0 Å². The van der Waals surface area contributed by atoms with E-state index in [1.54, 1.807) is 19.1 Å². The second-order valence-corrected chi connectivity index (χ2v) is 9.72. The summed E-state index contributed by atoms with van der Waals surface area (Å²) in [4.78, 5) is -0.161. The van der Waals surface area contributed by atoms with Gasteiger partial charge in [0.2, 0.25) is 0 Å². The van der Waals surface area contributed by atoms with Gasteiger partial charge in [-0.1, -0.05) is 0 Å². The normalized spacial score (nSPS) is 13.0. The monoisotopic (exact) mass is 460 g/mol. The first-order valence-electron chi connectivity index (χ1n) is 6.18. The van der Waals surface area contributed by atoms with Crippen LogP contribution in [0.5, 0.6) is 0 Å². The van der Waals surface area contributed by atoms with E-state index in [0.717, 1.165) is 17.7 Å². The third-order valence-corrected chi connectivity index (χ3v) is 8.10. The number of hydrogen-bond acceptors (Lipinski definition) is 4. The first-order chi connectivity index (χ1) is 10.6. The summed E-state index contributed by atoms with van der Waals surface area (Å²) >= 11 is -3.75. The van der Waals surface area contributed by atoms with Crippen molar-refractivity contribution < 1.29 is 27.5 Å². The van der Waals surface area contributed by atoms with Gasteiger partial charge in [-0.25, -0.2) is 0 Å². The molecule has 1 N–H and O–H groups in total. The summed E-state index contributed by atoms with van der Waals surface area (Å²) in [5.74, 6) is 0. The Morgan fingerprint density at radius 3 is 2.26 bits per heavy atom. The van der Waals surface area contributed by atoms with E-state index in [0.29, 0.717) is 6.07 Å². The summed E-state index contributed by atoms with van der Waals surface area (Å²) < 4.78 is 76.6. The summed E-state index contributed by atoms with van der Waals surface area (Å²) in [6.45, 7) is 1.77. The van der Waals surface area contributed by atoms with Gasteiger partial charge in [-0.2, -0.15) is 0 Å². The molecule has 0 aliphatic rings. The van der Waals surface area contributed by atoms with Crippen LogP contribution in [-0.2, 0) is 18.8 Å². The van der Waals surface area contributed by atoms with Gasteiger partial charge in [0.1, 0.15) is 0 Å². The fourth-order valence-electron chi connectivity index (χ4n) is 1.62. The van der Waals surface area contributed by atoms with Crippen molar-refractivity contribution in [1.82, 2.24) is 0 Å². The second kappa shape index (κ2) is 6.75. The molecule has 0 fully saturated rings. The second-order valence-electron chi connectivity index (χ2n) is 4.57. The first-order valence-corrected chi connectivity index (χ1v) is 10.5. The summed E-state index contributed by atoms with van der Waals surface area (Å²) in [5, 5.41) is 0. The minimum atomic E-state index is -4.58. The molecule has 0 spiro atoms. The summed E-state index contributed by atoms with van der Waals surface area (Å²) in [6.07, 6.45) is -4.58. The standard InChI is InChI=1S/C14H12F3IO4S/c1-10-5-7-13(8-6-10)23(20,21)22-18(19)12-4-2-3-11(9-12)14(15,16)17/h2-9,19H,1H3. The maximum absolute atomic E-state index is 12.6. The molecule has 9 heteroatoms. The van der Waals surface area contributed by atoms with Gasteiger partial charge >= 0.3 is 140 Å². The molecule has 2 rings (SSSR count). The fraction of sp³-hybridized carbons (Fsp3) is 0.143. The van der Waals surface area contributed by atoms with Crippen molar-refractivity contribution in [2.45, 2.75) is 18.0 Å². The molecule has 2 aromatic carbocycles. The van der Waals surface area contributed by atoms with Crippen molar-refractivity contribution in [1.29, 1.82) is 0 Å². The predicted molar refractivity (Wildman–Crippen MR) is 85.8 cm³/mol. The Balaban J connectivity index is 2.24. The number of rotatable bonds is 4. The van der Waals surface area contributed by atoms with E-state index in [9.17, 15) is 25.0 Å².